The van der Waals surface area contributed by atoms with Crippen LogP contribution in [-0.2, 0) is 19.4 Å². The molecule has 0 aromatic rings. The number of carbonyl (C=O) groups is 1. The number of halogens is 1. The second-order valence-corrected chi connectivity index (χ2v) is 7.14. The SMILES string of the molecule is CCNC(=NCCCC(=O)OCC)NC1CCS(=O)(=O)C1.I. The van der Waals surface area contributed by atoms with Gasteiger partial charge in [0.05, 0.1) is 18.1 Å². The molecule has 22 heavy (non-hydrogen) atoms. The van der Waals surface area contributed by atoms with Crippen molar-refractivity contribution in [1.82, 2.24) is 10.6 Å². The number of hydrogen-bond donors (Lipinski definition) is 2. The number of guanidine groups is 1. The second-order valence-electron chi connectivity index (χ2n) is 4.91. The molecule has 1 fully saturated rings. The molecular weight excluding hydrogens is 421 g/mol. The number of sulfone groups is 1. The molecule has 1 atom stereocenters. The third-order valence-corrected chi connectivity index (χ3v) is 4.80. The number of nitrogens with one attached hydrogen (secondary N) is 2. The lowest BCUT2D eigenvalue weighted by atomic mass is 10.3. The molecule has 0 aromatic carbocycles. The van der Waals surface area contributed by atoms with Crippen molar-refractivity contribution in [2.75, 3.05) is 31.2 Å². The second kappa shape index (κ2) is 11.0. The Balaban J connectivity index is 0.00000441. The molecular formula is C13H26IN3O4S. The molecule has 1 saturated heterocycles. The summed E-state index contributed by atoms with van der Waals surface area (Å²) < 4.78 is 27.7. The zero-order valence-electron chi connectivity index (χ0n) is 13.1. The maximum atomic E-state index is 11.4. The summed E-state index contributed by atoms with van der Waals surface area (Å²) in [5.41, 5.74) is 0. The Hall–Kier alpha value is -0.580. The number of ether oxygens (including phenoxy) is 1. The van der Waals surface area contributed by atoms with Gasteiger partial charge in [0, 0.05) is 25.6 Å². The smallest absolute Gasteiger partial charge is 0.305 e. The van der Waals surface area contributed by atoms with Crippen molar-refractivity contribution in [2.45, 2.75) is 39.2 Å². The number of hydrogen-bond acceptors (Lipinski definition) is 5. The van der Waals surface area contributed by atoms with Crippen molar-refractivity contribution in [1.29, 1.82) is 0 Å². The molecule has 0 aromatic heterocycles. The van der Waals surface area contributed by atoms with Gasteiger partial charge in [0.2, 0.25) is 0 Å². The average Bonchev–Trinajstić information content (AvgIpc) is 2.74. The van der Waals surface area contributed by atoms with E-state index in [1.807, 2.05) is 6.92 Å². The summed E-state index contributed by atoms with van der Waals surface area (Å²) >= 11 is 0. The highest BCUT2D eigenvalue weighted by Gasteiger charge is 2.28. The first kappa shape index (κ1) is 21.4. The van der Waals surface area contributed by atoms with Crippen LogP contribution < -0.4 is 10.6 Å². The third kappa shape index (κ3) is 8.76. The molecule has 2 N–H and O–H groups in total. The first-order chi connectivity index (χ1) is 9.96. The van der Waals surface area contributed by atoms with E-state index in [0.29, 0.717) is 44.9 Å². The zero-order chi connectivity index (χ0) is 15.7. The maximum Gasteiger partial charge on any atom is 0.305 e. The molecule has 0 bridgehead atoms. The van der Waals surface area contributed by atoms with Crippen molar-refractivity contribution < 1.29 is 17.9 Å². The fraction of sp³-hybridized carbons (Fsp3) is 0.846. The van der Waals surface area contributed by atoms with E-state index in [-0.39, 0.29) is 47.5 Å². The number of aliphatic imine (C=N–C) groups is 1. The van der Waals surface area contributed by atoms with Gasteiger partial charge in [-0.2, -0.15) is 0 Å². The normalized spacial score (nSPS) is 20.1. The van der Waals surface area contributed by atoms with Crippen molar-refractivity contribution in [3.05, 3.63) is 0 Å². The predicted octanol–water partition coefficient (Wildman–Crippen LogP) is 0.690. The van der Waals surface area contributed by atoms with Gasteiger partial charge in [-0.25, -0.2) is 8.42 Å². The molecule has 0 saturated carbocycles. The minimum Gasteiger partial charge on any atom is -0.466 e. The summed E-state index contributed by atoms with van der Waals surface area (Å²) in [6.07, 6.45) is 1.56. The first-order valence-electron chi connectivity index (χ1n) is 7.37. The lowest BCUT2D eigenvalue weighted by molar-refractivity contribution is -0.143. The molecule has 7 nitrogen and oxygen atoms in total. The summed E-state index contributed by atoms with van der Waals surface area (Å²) in [4.78, 5) is 15.5. The molecule has 0 radical (unpaired) electrons. The van der Waals surface area contributed by atoms with Gasteiger partial charge in [-0.3, -0.25) is 9.79 Å². The Morgan fingerprint density at radius 1 is 1.36 bits per heavy atom. The van der Waals surface area contributed by atoms with Crippen LogP contribution in [0.25, 0.3) is 0 Å². The van der Waals surface area contributed by atoms with Crippen LogP contribution in [0.15, 0.2) is 4.99 Å². The summed E-state index contributed by atoms with van der Waals surface area (Å²) in [7, 11) is -2.91. The van der Waals surface area contributed by atoms with Gasteiger partial charge in [0.15, 0.2) is 15.8 Å². The van der Waals surface area contributed by atoms with Crippen molar-refractivity contribution >= 4 is 45.7 Å². The van der Waals surface area contributed by atoms with Crippen LogP contribution in [0, 0.1) is 0 Å². The van der Waals surface area contributed by atoms with Gasteiger partial charge in [-0.1, -0.05) is 0 Å². The van der Waals surface area contributed by atoms with E-state index in [4.69, 9.17) is 4.74 Å². The van der Waals surface area contributed by atoms with Crippen LogP contribution in [0.4, 0.5) is 0 Å². The zero-order valence-corrected chi connectivity index (χ0v) is 16.3. The van der Waals surface area contributed by atoms with Gasteiger partial charge < -0.3 is 15.4 Å². The van der Waals surface area contributed by atoms with Gasteiger partial charge in [0.25, 0.3) is 0 Å². The molecule has 0 amide bonds. The Bertz CT molecular complexity index is 468. The maximum absolute atomic E-state index is 11.4. The van der Waals surface area contributed by atoms with Gasteiger partial charge in [-0.15, -0.1) is 24.0 Å². The highest BCUT2D eigenvalue weighted by Crippen LogP contribution is 2.10. The number of carbonyl (C=O) groups excluding carboxylic acids is 1. The molecule has 130 valence electrons. The molecule has 0 aliphatic carbocycles. The average molecular weight is 447 g/mol. The Kier molecular flexibility index (Phi) is 10.7. The van der Waals surface area contributed by atoms with E-state index in [0.717, 1.165) is 0 Å². The van der Waals surface area contributed by atoms with Crippen LogP contribution >= 0.6 is 24.0 Å². The number of esters is 1. The molecule has 1 heterocycles. The van der Waals surface area contributed by atoms with Crippen molar-refractivity contribution in [3.8, 4) is 0 Å². The van der Waals surface area contributed by atoms with Crippen molar-refractivity contribution in [2.24, 2.45) is 4.99 Å². The lowest BCUT2D eigenvalue weighted by Gasteiger charge is -2.15. The van der Waals surface area contributed by atoms with Crippen LogP contribution in [-0.4, -0.2) is 57.6 Å². The van der Waals surface area contributed by atoms with Crippen LogP contribution in [0.2, 0.25) is 0 Å². The van der Waals surface area contributed by atoms with E-state index < -0.39 is 9.84 Å². The third-order valence-electron chi connectivity index (χ3n) is 3.03. The Morgan fingerprint density at radius 3 is 2.64 bits per heavy atom. The van der Waals surface area contributed by atoms with Gasteiger partial charge in [0.1, 0.15) is 0 Å². The molecule has 1 rings (SSSR count). The lowest BCUT2D eigenvalue weighted by Crippen LogP contribution is -2.44. The summed E-state index contributed by atoms with van der Waals surface area (Å²) in [5.74, 6) is 0.767. The van der Waals surface area contributed by atoms with Gasteiger partial charge >= 0.3 is 5.97 Å². The molecule has 1 unspecified atom stereocenters. The minimum atomic E-state index is -2.91. The molecule has 1 aliphatic rings. The highest BCUT2D eigenvalue weighted by atomic mass is 127. The van der Waals surface area contributed by atoms with E-state index >= 15 is 0 Å². The van der Waals surface area contributed by atoms with Crippen LogP contribution in [0.5, 0.6) is 0 Å². The molecule has 9 heteroatoms. The quantitative estimate of drug-likeness (QED) is 0.196. The number of nitrogens with zero attached hydrogens (tertiary/aromatic N) is 1. The fourth-order valence-corrected chi connectivity index (χ4v) is 3.74. The standard InChI is InChI=1S/C13H25N3O4S.HI/c1-3-14-13(15-8-5-6-12(17)20-4-2)16-11-7-9-21(18,19)10-11;/h11H,3-10H2,1-2H3,(H2,14,15,16);1H. The topological polar surface area (TPSA) is 96.9 Å². The minimum absolute atomic E-state index is 0. The summed E-state index contributed by atoms with van der Waals surface area (Å²) in [6.45, 7) is 5.30. The molecule has 1 aliphatic heterocycles. The van der Waals surface area contributed by atoms with Crippen LogP contribution in [0.3, 0.4) is 0 Å². The Labute approximate surface area is 149 Å². The predicted molar refractivity (Wildman–Crippen MR) is 97.5 cm³/mol. The summed E-state index contributed by atoms with van der Waals surface area (Å²) in [5, 5.41) is 6.21. The molecule has 0 spiro atoms. The van der Waals surface area contributed by atoms with Crippen LogP contribution in [0.1, 0.15) is 33.1 Å². The fourth-order valence-electron chi connectivity index (χ4n) is 2.07. The highest BCUT2D eigenvalue weighted by molar-refractivity contribution is 14.0. The summed E-state index contributed by atoms with van der Waals surface area (Å²) in [6, 6.07) is -0.0853. The van der Waals surface area contributed by atoms with Crippen molar-refractivity contribution in [3.63, 3.8) is 0 Å². The van der Waals surface area contributed by atoms with Gasteiger partial charge in [-0.05, 0) is 26.7 Å². The van der Waals surface area contributed by atoms with E-state index in [1.54, 1.807) is 6.92 Å². The van der Waals surface area contributed by atoms with E-state index in [2.05, 4.69) is 15.6 Å². The van der Waals surface area contributed by atoms with E-state index in [1.165, 1.54) is 0 Å². The largest absolute Gasteiger partial charge is 0.466 e. The Morgan fingerprint density at radius 2 is 2.09 bits per heavy atom. The van der Waals surface area contributed by atoms with E-state index in [9.17, 15) is 13.2 Å². The monoisotopic (exact) mass is 447 g/mol. The first-order valence-corrected chi connectivity index (χ1v) is 9.20. The number of rotatable bonds is 7.